The van der Waals surface area contributed by atoms with Gasteiger partial charge in [0.2, 0.25) is 5.91 Å². The lowest BCUT2D eigenvalue weighted by Gasteiger charge is -2.55. The van der Waals surface area contributed by atoms with Crippen LogP contribution in [0.15, 0.2) is 24.5 Å². The highest BCUT2D eigenvalue weighted by Crippen LogP contribution is 2.60. The molecule has 1 amide bonds. The molecular formula is C19H22FN3O. The molecular weight excluding hydrogens is 305 g/mol. The van der Waals surface area contributed by atoms with Crippen LogP contribution in [0.2, 0.25) is 0 Å². The van der Waals surface area contributed by atoms with Crippen LogP contribution in [0.3, 0.4) is 0 Å². The fourth-order valence-electron chi connectivity index (χ4n) is 5.85. The summed E-state index contributed by atoms with van der Waals surface area (Å²) in [5, 5.41) is 3.12. The second-order valence-corrected chi connectivity index (χ2v) is 8.23. The highest BCUT2D eigenvalue weighted by Gasteiger charge is 2.54. The van der Waals surface area contributed by atoms with Crippen LogP contribution in [0, 0.1) is 29.0 Å². The predicted molar refractivity (Wildman–Crippen MR) is 87.6 cm³/mol. The van der Waals surface area contributed by atoms with Gasteiger partial charge in [-0.15, -0.1) is 0 Å². The zero-order valence-corrected chi connectivity index (χ0v) is 13.7. The molecule has 2 heterocycles. The van der Waals surface area contributed by atoms with E-state index in [-0.39, 0.29) is 17.1 Å². The molecule has 4 fully saturated rings. The molecule has 6 rings (SSSR count). The second-order valence-electron chi connectivity index (χ2n) is 8.23. The van der Waals surface area contributed by atoms with Gasteiger partial charge in [-0.25, -0.2) is 9.37 Å². The van der Waals surface area contributed by atoms with E-state index in [9.17, 15) is 9.18 Å². The molecule has 0 spiro atoms. The number of carbonyl (C=O) groups excluding carboxylic acids is 1. The first-order valence-electron chi connectivity index (χ1n) is 9.01. The normalized spacial score (nSPS) is 34.0. The van der Waals surface area contributed by atoms with Gasteiger partial charge in [0.1, 0.15) is 11.5 Å². The highest BCUT2D eigenvalue weighted by atomic mass is 19.1. The van der Waals surface area contributed by atoms with Gasteiger partial charge in [0.25, 0.3) is 0 Å². The highest BCUT2D eigenvalue weighted by molar-refractivity contribution is 5.83. The molecule has 2 aromatic heterocycles. The van der Waals surface area contributed by atoms with Crippen molar-refractivity contribution >= 4 is 11.6 Å². The van der Waals surface area contributed by atoms with E-state index >= 15 is 0 Å². The van der Waals surface area contributed by atoms with E-state index in [0.29, 0.717) is 12.2 Å². The van der Waals surface area contributed by atoms with E-state index in [4.69, 9.17) is 0 Å². The van der Waals surface area contributed by atoms with Crippen LogP contribution >= 0.6 is 0 Å². The predicted octanol–water partition coefficient (Wildman–Crippen LogP) is 3.31. The van der Waals surface area contributed by atoms with Crippen molar-refractivity contribution in [3.8, 4) is 0 Å². The number of imidazole rings is 1. The number of pyridine rings is 1. The number of aromatic nitrogens is 2. The molecule has 4 saturated carbocycles. The minimum absolute atomic E-state index is 0.125. The van der Waals surface area contributed by atoms with Crippen molar-refractivity contribution in [2.45, 2.75) is 45.1 Å². The lowest BCUT2D eigenvalue weighted by Crippen LogP contribution is -2.53. The molecule has 4 nitrogen and oxygen atoms in total. The molecule has 1 N–H and O–H groups in total. The van der Waals surface area contributed by atoms with Crippen molar-refractivity contribution in [2.24, 2.45) is 23.2 Å². The molecule has 0 atom stereocenters. The smallest absolute Gasteiger partial charge is 0.226 e. The van der Waals surface area contributed by atoms with Crippen LogP contribution in [-0.4, -0.2) is 15.3 Å². The zero-order valence-electron chi connectivity index (χ0n) is 13.7. The third kappa shape index (κ3) is 2.25. The summed E-state index contributed by atoms with van der Waals surface area (Å²) in [6.45, 7) is 0.421. The van der Waals surface area contributed by atoms with E-state index < -0.39 is 0 Å². The summed E-state index contributed by atoms with van der Waals surface area (Å²) in [6, 6.07) is 3.06. The summed E-state index contributed by atoms with van der Waals surface area (Å²) in [4.78, 5) is 17.4. The average molecular weight is 327 g/mol. The number of nitrogens with one attached hydrogen (secondary N) is 1. The average Bonchev–Trinajstić information content (AvgIpc) is 2.93. The van der Waals surface area contributed by atoms with E-state index in [1.54, 1.807) is 16.7 Å². The lowest BCUT2D eigenvalue weighted by molar-refractivity contribution is -0.146. The van der Waals surface area contributed by atoms with Gasteiger partial charge in [0.15, 0.2) is 0 Å². The topological polar surface area (TPSA) is 46.4 Å². The summed E-state index contributed by atoms with van der Waals surface area (Å²) in [7, 11) is 0. The molecule has 126 valence electrons. The maximum absolute atomic E-state index is 13.3. The monoisotopic (exact) mass is 327 g/mol. The van der Waals surface area contributed by atoms with Crippen molar-refractivity contribution in [1.29, 1.82) is 0 Å². The molecule has 0 radical (unpaired) electrons. The maximum Gasteiger partial charge on any atom is 0.226 e. The molecule has 0 aromatic carbocycles. The van der Waals surface area contributed by atoms with Crippen LogP contribution < -0.4 is 5.32 Å². The number of carbonyl (C=O) groups is 1. The van der Waals surface area contributed by atoms with Crippen LogP contribution in [0.5, 0.6) is 0 Å². The zero-order chi connectivity index (χ0) is 16.3. The van der Waals surface area contributed by atoms with Crippen LogP contribution in [0.1, 0.15) is 44.2 Å². The maximum atomic E-state index is 13.3. The third-order valence-electron chi connectivity index (χ3n) is 6.41. The summed E-state index contributed by atoms with van der Waals surface area (Å²) in [5.41, 5.74) is 1.36. The number of rotatable bonds is 3. The Morgan fingerprint density at radius 1 is 1.17 bits per heavy atom. The first-order chi connectivity index (χ1) is 11.6. The molecule has 4 aliphatic carbocycles. The molecule has 2 aromatic rings. The largest absolute Gasteiger partial charge is 0.350 e. The minimum atomic E-state index is -0.288. The Bertz CT molecular complexity index is 777. The van der Waals surface area contributed by atoms with Crippen molar-refractivity contribution in [1.82, 2.24) is 14.7 Å². The fourth-order valence-corrected chi connectivity index (χ4v) is 5.85. The Morgan fingerprint density at radius 3 is 2.50 bits per heavy atom. The van der Waals surface area contributed by atoms with Crippen molar-refractivity contribution in [2.75, 3.05) is 0 Å². The van der Waals surface area contributed by atoms with Gasteiger partial charge in [-0.1, -0.05) is 0 Å². The van der Waals surface area contributed by atoms with Crippen molar-refractivity contribution in [3.63, 3.8) is 0 Å². The number of hydrogen-bond donors (Lipinski definition) is 1. The molecule has 0 unspecified atom stereocenters. The van der Waals surface area contributed by atoms with E-state index in [1.807, 2.05) is 0 Å². The van der Waals surface area contributed by atoms with Crippen molar-refractivity contribution in [3.05, 3.63) is 36.0 Å². The summed E-state index contributed by atoms with van der Waals surface area (Å²) < 4.78 is 14.9. The first-order valence-corrected chi connectivity index (χ1v) is 9.01. The number of nitrogens with zero attached hydrogens (tertiary/aromatic N) is 2. The van der Waals surface area contributed by atoms with Gasteiger partial charge < -0.3 is 9.72 Å². The summed E-state index contributed by atoms with van der Waals surface area (Å²) in [5.74, 6) is 2.22. The van der Waals surface area contributed by atoms with Crippen LogP contribution in [0.25, 0.3) is 5.65 Å². The Kier molecular flexibility index (Phi) is 3.03. The summed E-state index contributed by atoms with van der Waals surface area (Å²) >= 11 is 0. The quantitative estimate of drug-likeness (QED) is 0.940. The van der Waals surface area contributed by atoms with Gasteiger partial charge in [-0.05, 0) is 68.4 Å². The molecule has 24 heavy (non-hydrogen) atoms. The van der Waals surface area contributed by atoms with Crippen molar-refractivity contribution < 1.29 is 9.18 Å². The Balaban J connectivity index is 1.31. The Hall–Kier alpha value is -1.91. The fraction of sp³-hybridized carbons (Fsp3) is 0.579. The Labute approximate surface area is 140 Å². The molecule has 0 saturated heterocycles. The molecule has 4 aliphatic rings. The Morgan fingerprint density at radius 2 is 1.83 bits per heavy atom. The molecule has 0 aliphatic heterocycles. The SMILES string of the molecule is O=C(NCc1cn2cc(F)ccc2n1)C12CC3CC(CC(C3)C1)C2. The van der Waals surface area contributed by atoms with Gasteiger partial charge in [0.05, 0.1) is 12.2 Å². The van der Waals surface area contributed by atoms with E-state index in [2.05, 4.69) is 10.3 Å². The standard InChI is InChI=1S/C19H22FN3O/c20-15-1-2-17-22-16(11-23(17)10-15)9-21-18(24)19-6-12-3-13(7-19)5-14(4-12)8-19/h1-2,10-14H,3-9H2,(H,21,24). The number of halogens is 1. The van der Waals surface area contributed by atoms with Gasteiger partial charge >= 0.3 is 0 Å². The number of fused-ring (bicyclic) bond motifs is 1. The van der Waals surface area contributed by atoms with Crippen LogP contribution in [-0.2, 0) is 11.3 Å². The molecule has 5 heteroatoms. The lowest BCUT2D eigenvalue weighted by atomic mass is 9.49. The van der Waals surface area contributed by atoms with Crippen LogP contribution in [0.4, 0.5) is 4.39 Å². The third-order valence-corrected chi connectivity index (χ3v) is 6.41. The minimum Gasteiger partial charge on any atom is -0.350 e. The van der Waals surface area contributed by atoms with E-state index in [1.165, 1.54) is 31.5 Å². The van der Waals surface area contributed by atoms with Gasteiger partial charge in [-0.2, -0.15) is 0 Å². The molecule has 4 bridgehead atoms. The second kappa shape index (κ2) is 5.04. The number of amides is 1. The first kappa shape index (κ1) is 14.4. The van der Waals surface area contributed by atoms with Gasteiger partial charge in [0, 0.05) is 17.8 Å². The summed E-state index contributed by atoms with van der Waals surface area (Å²) in [6.07, 6.45) is 10.4. The number of hydrogen-bond acceptors (Lipinski definition) is 2. The van der Waals surface area contributed by atoms with Gasteiger partial charge in [-0.3, -0.25) is 4.79 Å². The van der Waals surface area contributed by atoms with E-state index in [0.717, 1.165) is 42.7 Å².